The average molecular weight is 1370 g/mol. The minimum Gasteiger partial charge on any atom is -0.311 e. The van der Waals surface area contributed by atoms with Gasteiger partial charge in [-0.2, -0.15) is 0 Å². The van der Waals surface area contributed by atoms with Crippen molar-refractivity contribution in [3.63, 3.8) is 0 Å². The lowest BCUT2D eigenvalue weighted by Crippen LogP contribution is -2.64. The van der Waals surface area contributed by atoms with Crippen LogP contribution in [0.25, 0.3) is 49.7 Å². The van der Waals surface area contributed by atoms with Gasteiger partial charge in [0.1, 0.15) is 0 Å². The van der Waals surface area contributed by atoms with Crippen molar-refractivity contribution < 1.29 is 76.8 Å². The van der Waals surface area contributed by atoms with Crippen LogP contribution in [0.3, 0.4) is 0 Å². The van der Waals surface area contributed by atoms with E-state index in [0.29, 0.717) is 24.2 Å². The van der Waals surface area contributed by atoms with E-state index in [9.17, 15) is 60.3 Å². The Morgan fingerprint density at radius 2 is 0.740 bits per heavy atom. The third kappa shape index (κ3) is 9.37. The molecule has 0 bridgehead atoms. The molecule has 0 radical (unpaired) electrons. The van der Waals surface area contributed by atoms with Gasteiger partial charge >= 0.3 is 0 Å². The van der Waals surface area contributed by atoms with Gasteiger partial charge in [-0.3, -0.25) is 0 Å². The SMILES string of the molecule is [2H]c1c([2H])c([2H])c(-c2c([2H])c([2H])c3c4c([2H])c([2H])c(-c5c([2H])c([2H])c([2H])c([2H])c5[2H])c([2H])c4n(-c4c5c(c([2H])c6c4Sc4c([2H])c(N(c7c([2H])c([2H])c([2H])c([2H])c7[2H])c7c([2H])c([2H])c([2H])c(C)c7[2H])c([2H])c7c4B6c4c([2H])c([2H])c([2H])c([2H])c4N7c4c([2H])c([2H])c([2H])c([2H])c4[2H])B4c6c(cc(N(c7c([2H])c([2H])c([2H])c([2H])c7[2H])c7c([2H])c([2H])c([2H])c([2H])c7[2H])cc6N(c6c([2H])c([2H])c([2H])c([2H])c6[2H])c6c([2H])c([2H])c([2H])c([2H])c64)S5)c3c2[2H])c([2H])c1[2H]. The molecule has 0 atom stereocenters. The zero-order valence-corrected chi connectivity index (χ0v) is 52.0. The molecule has 4 aliphatic heterocycles. The molecule has 9 heteroatoms. The summed E-state index contributed by atoms with van der Waals surface area (Å²) in [5.41, 5.74) is -26.7. The lowest BCUT2D eigenvalue weighted by Gasteiger charge is -2.44. The van der Waals surface area contributed by atoms with E-state index in [2.05, 4.69) is 0 Å². The van der Waals surface area contributed by atoms with Crippen LogP contribution < -0.4 is 52.4 Å². The van der Waals surface area contributed by atoms with Gasteiger partial charge in [-0.15, -0.1) is 0 Å². The number of fused-ring (bicyclic) bond motifs is 11. The fourth-order valence-corrected chi connectivity index (χ4v) is 15.5. The lowest BCUT2D eigenvalue weighted by molar-refractivity contribution is 1.08. The van der Waals surface area contributed by atoms with Crippen LogP contribution in [0, 0.1) is 6.92 Å². The standard InChI is InChI=1S/C91H61B2N5S2/c1-60-28-27-43-70(52-60)95(67-37-17-6-18-38-67)72-56-84-88-86(58-72)100-91-78(93(88)76-45-24-26-47-80(76)97(84)69-41-21-8-22-42-69)59-77-90(89(91)98-81-53-63(61-29-9-2-10-30-61)48-50-73(81)74-51-49-64(54-82(74)98)62-31-11-3-12-32-62)99-85-57-71(94(65-33-13-4-14-34-65)66-35-15-5-16-36-66)55-83-87(85)92(77)75-44-23-25-46-79(75)96(83)68-39-19-7-20-40-68/h2-59H,1H3/i2D,3D,4D,5D,6D,7D,8D,9D,10D,11D,12D,13D,14D,15D,16D,17D,18D,19D,20D,21D,22D,23D,24D,25D,26D,27D,28D,29D,30D,31D,32D,33D,34D,35D,36D,37D,38D,39D,40D,41D,42D,43D,44D,45D,46D,47D,48D,49D,50D,51D,52D,53D,54D,56D,58D,59D. The molecule has 16 aromatic rings. The van der Waals surface area contributed by atoms with Crippen molar-refractivity contribution >= 4 is 160 Å². The Morgan fingerprint density at radius 1 is 0.310 bits per heavy atom. The van der Waals surface area contributed by atoms with Gasteiger partial charge in [0.05, 0.1) is 93.5 Å². The van der Waals surface area contributed by atoms with Crippen molar-refractivity contribution in [1.82, 2.24) is 4.57 Å². The third-order valence-corrected chi connectivity index (χ3v) is 19.0. The molecule has 0 fully saturated rings. The van der Waals surface area contributed by atoms with Crippen LogP contribution in [0.2, 0.25) is 0 Å². The number of rotatable bonds is 11. The molecule has 0 unspecified atom stereocenters. The topological polar surface area (TPSA) is 17.9 Å². The second-order valence-electron chi connectivity index (χ2n) is 22.1. The summed E-state index contributed by atoms with van der Waals surface area (Å²) in [7, 11) is 0. The van der Waals surface area contributed by atoms with E-state index >= 15 is 0 Å². The van der Waals surface area contributed by atoms with Crippen molar-refractivity contribution in [2.24, 2.45) is 0 Å². The molecule has 0 saturated carbocycles. The lowest BCUT2D eigenvalue weighted by atomic mass is 9.31. The van der Waals surface area contributed by atoms with E-state index in [4.69, 9.17) is 16.4 Å². The van der Waals surface area contributed by atoms with Gasteiger partial charge in [0.2, 0.25) is 13.4 Å². The van der Waals surface area contributed by atoms with Crippen LogP contribution in [0.15, 0.2) is 370 Å². The average Bonchev–Trinajstić information content (AvgIpc) is 1.14. The first-order chi connectivity index (χ1) is 72.8. The molecule has 1 aromatic heterocycles. The molecule has 0 saturated heterocycles. The molecule has 5 nitrogen and oxygen atoms in total. The van der Waals surface area contributed by atoms with Crippen molar-refractivity contribution in [3.8, 4) is 27.9 Å². The molecule has 100 heavy (non-hydrogen) atoms. The Balaban J connectivity index is 1.13. The Kier molecular flexibility index (Phi) is 5.96. The quantitative estimate of drug-likeness (QED) is 0.119. The Labute approximate surface area is 670 Å². The summed E-state index contributed by atoms with van der Waals surface area (Å²) >= 11 is 0.257. The van der Waals surface area contributed by atoms with Crippen LogP contribution in [-0.4, -0.2) is 18.0 Å². The molecule has 0 amide bonds. The fraction of sp³-hybridized carbons (Fsp3) is 0.0110. The van der Waals surface area contributed by atoms with E-state index in [1.807, 2.05) is 0 Å². The number of hydrogen-bond acceptors (Lipinski definition) is 6. The van der Waals surface area contributed by atoms with Crippen molar-refractivity contribution in [3.05, 3.63) is 356 Å². The van der Waals surface area contributed by atoms with E-state index in [-0.39, 0.29) is 23.5 Å². The highest BCUT2D eigenvalue weighted by Crippen LogP contribution is 2.53. The smallest absolute Gasteiger partial charge is 0.249 e. The van der Waals surface area contributed by atoms with Gasteiger partial charge < -0.3 is 24.2 Å². The van der Waals surface area contributed by atoms with Crippen LogP contribution >= 0.6 is 23.5 Å². The van der Waals surface area contributed by atoms with Crippen LogP contribution in [0.5, 0.6) is 0 Å². The molecular formula is C91H61B2N5S2. The molecule has 4 aliphatic rings. The molecule has 20 rings (SSSR count). The molecule has 468 valence electrons. The molecule has 0 aliphatic carbocycles. The maximum Gasteiger partial charge on any atom is 0.249 e. The molecule has 0 N–H and O–H groups in total. The summed E-state index contributed by atoms with van der Waals surface area (Å²) in [6.45, 7) is -4.13. The zero-order chi connectivity index (χ0) is 115. The fourth-order valence-electron chi connectivity index (χ4n) is 12.9. The normalized spacial score (nSPS) is 20.7. The predicted molar refractivity (Wildman–Crippen MR) is 426 cm³/mol. The summed E-state index contributed by atoms with van der Waals surface area (Å²) in [5.74, 6) is 0. The van der Waals surface area contributed by atoms with Gasteiger partial charge in [-0.25, -0.2) is 0 Å². The summed E-state index contributed by atoms with van der Waals surface area (Å²) in [4.78, 5) is -1.27. The molecule has 0 spiro atoms. The van der Waals surface area contributed by atoms with Gasteiger partial charge in [0.25, 0.3) is 0 Å². The largest absolute Gasteiger partial charge is 0.311 e. The predicted octanol–water partition coefficient (Wildman–Crippen LogP) is 20.9. The van der Waals surface area contributed by atoms with Gasteiger partial charge in [0, 0.05) is 98.6 Å². The van der Waals surface area contributed by atoms with E-state index in [1.165, 1.54) is 0 Å². The molecule has 15 aromatic carbocycles. The number of aromatic nitrogens is 1. The first kappa shape index (κ1) is 25.1. The summed E-state index contributed by atoms with van der Waals surface area (Å²) < 4.78 is 550. The summed E-state index contributed by atoms with van der Waals surface area (Å²) in [6, 6.07) is -67.3. The monoisotopic (exact) mass is 1370 g/mol. The van der Waals surface area contributed by atoms with Crippen LogP contribution in [0.1, 0.15) is 82.3 Å². The number of para-hydroxylation sites is 7. The van der Waals surface area contributed by atoms with Gasteiger partial charge in [-0.05, 0) is 177 Å². The van der Waals surface area contributed by atoms with E-state index in [0.717, 1.165) is 19.1 Å². The highest BCUT2D eigenvalue weighted by atomic mass is 32.2. The molecule has 5 heterocycles. The zero-order valence-electron chi connectivity index (χ0n) is 106. The van der Waals surface area contributed by atoms with Crippen LogP contribution in [-0.2, 0) is 0 Å². The van der Waals surface area contributed by atoms with Crippen LogP contribution in [0.4, 0.5) is 68.2 Å². The Morgan fingerprint density at radius 3 is 1.26 bits per heavy atom. The van der Waals surface area contributed by atoms with Crippen molar-refractivity contribution in [2.45, 2.75) is 26.5 Å². The van der Waals surface area contributed by atoms with E-state index in [1.54, 1.807) is 0 Å². The first-order valence-electron chi connectivity index (χ1n) is 57.8. The maximum absolute atomic E-state index is 12.1. The number of hydrogen-bond donors (Lipinski definition) is 0. The summed E-state index contributed by atoms with van der Waals surface area (Å²) in [6.07, 6.45) is 0. The minimum absolute atomic E-state index is 0.0555. The van der Waals surface area contributed by atoms with Gasteiger partial charge in [0.15, 0.2) is 0 Å². The summed E-state index contributed by atoms with van der Waals surface area (Å²) in [5, 5.41) is -2.02. The minimum atomic E-state index is -2.67. The number of benzene rings is 15. The molecular weight excluding hydrogens is 1250 g/mol. The number of nitrogens with zero attached hydrogens (tertiary/aromatic N) is 5. The second-order valence-corrected chi connectivity index (χ2v) is 24.2. The highest BCUT2D eigenvalue weighted by molar-refractivity contribution is 8.01. The Bertz CT molecular complexity index is 8970. The second kappa shape index (κ2) is 23.7. The van der Waals surface area contributed by atoms with Crippen molar-refractivity contribution in [1.29, 1.82) is 0 Å². The highest BCUT2D eigenvalue weighted by Gasteiger charge is 2.48. The van der Waals surface area contributed by atoms with E-state index < -0.39 is 528 Å². The van der Waals surface area contributed by atoms with Gasteiger partial charge in [-0.1, -0.05) is 264 Å². The van der Waals surface area contributed by atoms with Crippen molar-refractivity contribution in [2.75, 3.05) is 19.6 Å². The maximum atomic E-state index is 12.1. The number of anilines is 12. The first-order valence-corrected chi connectivity index (χ1v) is 31.4. The Hall–Kier alpha value is -11.9. The third-order valence-electron chi connectivity index (χ3n) is 16.7.